The molecule has 13 aromatic carbocycles. The van der Waals surface area contributed by atoms with Gasteiger partial charge in [0.15, 0.2) is 28.8 Å². The van der Waals surface area contributed by atoms with Crippen molar-refractivity contribution < 1.29 is 0 Å². The van der Waals surface area contributed by atoms with E-state index in [-0.39, 0.29) is 0 Å². The van der Waals surface area contributed by atoms with E-state index in [4.69, 9.17) is 28.1 Å². The minimum Gasteiger partial charge on any atom is -0.309 e. The normalized spacial score (nSPS) is 11.3. The van der Waals surface area contributed by atoms with E-state index in [1.54, 1.807) is 12.1 Å². The highest BCUT2D eigenvalue weighted by Gasteiger charge is 2.26. The van der Waals surface area contributed by atoms with Crippen molar-refractivity contribution in [2.75, 3.05) is 0 Å². The summed E-state index contributed by atoms with van der Waals surface area (Å²) >= 11 is 0. The lowest BCUT2D eigenvalue weighted by Gasteiger charge is -2.22. The van der Waals surface area contributed by atoms with Gasteiger partial charge in [-0.3, -0.25) is 0 Å². The summed E-state index contributed by atoms with van der Waals surface area (Å²) in [6.45, 7) is 16.1. The van der Waals surface area contributed by atoms with Crippen molar-refractivity contribution >= 4 is 76.8 Å². The van der Waals surface area contributed by atoms with Crippen LogP contribution in [0.3, 0.4) is 0 Å². The molecular weight excluding hydrogens is 1160 g/mol. The van der Waals surface area contributed by atoms with Crippen molar-refractivity contribution in [2.45, 2.75) is 0 Å². The molecule has 0 unspecified atom stereocenters. The summed E-state index contributed by atoms with van der Waals surface area (Å²) in [5, 5.41) is 26.9. The molecule has 4 aromatic heterocycles. The van der Waals surface area contributed by atoms with Crippen LogP contribution in [0.5, 0.6) is 0 Å². The summed E-state index contributed by atoms with van der Waals surface area (Å²) in [6, 6.07) is 104. The van der Waals surface area contributed by atoms with Gasteiger partial charge in [0, 0.05) is 82.6 Å². The molecule has 0 bridgehead atoms. The van der Waals surface area contributed by atoms with Crippen LogP contribution in [0.4, 0.5) is 11.4 Å². The van der Waals surface area contributed by atoms with Gasteiger partial charge >= 0.3 is 0 Å². The zero-order valence-electron chi connectivity index (χ0n) is 50.7. The van der Waals surface area contributed by atoms with Crippen molar-refractivity contribution in [1.82, 2.24) is 28.7 Å². The highest BCUT2D eigenvalue weighted by atomic mass is 15.0. The second-order valence-corrected chi connectivity index (χ2v) is 23.6. The Morgan fingerprint density at radius 3 is 1.02 bits per heavy atom. The first-order valence-electron chi connectivity index (χ1n) is 31.1. The zero-order valence-corrected chi connectivity index (χ0v) is 50.7. The third kappa shape index (κ3) is 9.43. The lowest BCUT2D eigenvalue weighted by molar-refractivity contribution is 1.07. The smallest absolute Gasteiger partial charge is 0.189 e. The van der Waals surface area contributed by atoms with Gasteiger partial charge in [0.1, 0.15) is 0 Å². The van der Waals surface area contributed by atoms with Crippen LogP contribution in [-0.4, -0.2) is 28.7 Å². The SMILES string of the molecule is [C-]#[N+]c1cc(C#N)cc(-c2ccc3c(c2)c2cc(-c4cc(C#N)cc([N+]#[C-])c4)ccc2n3-c2c(-c3cccc(-n4c5ccccc5c5ccccc54)c3)cc(-c3nc(-c4ccccc4)nc(-c4ccccc4)n3)cc2-c2cccc(-n3c4ccccc4c4ccccc43)c2)c1. The van der Waals surface area contributed by atoms with Crippen LogP contribution < -0.4 is 0 Å². The molecular formula is C85H48N10. The van der Waals surface area contributed by atoms with Crippen molar-refractivity contribution in [3.63, 3.8) is 0 Å². The second kappa shape index (κ2) is 22.6. The van der Waals surface area contributed by atoms with Gasteiger partial charge in [0.2, 0.25) is 0 Å². The number of rotatable bonds is 10. The molecule has 0 aliphatic carbocycles. The molecule has 0 saturated carbocycles. The Bertz CT molecular complexity index is 5680. The fourth-order valence-corrected chi connectivity index (χ4v) is 13.8. The lowest BCUT2D eigenvalue weighted by Crippen LogP contribution is -2.05. The van der Waals surface area contributed by atoms with Crippen LogP contribution in [-0.2, 0) is 0 Å². The molecule has 0 amide bonds. The fourth-order valence-electron chi connectivity index (χ4n) is 13.8. The van der Waals surface area contributed by atoms with Gasteiger partial charge in [-0.15, -0.1) is 0 Å². The van der Waals surface area contributed by atoms with Gasteiger partial charge in [-0.2, -0.15) is 10.5 Å². The largest absolute Gasteiger partial charge is 0.309 e. The minimum atomic E-state index is 0.363. The van der Waals surface area contributed by atoms with Crippen molar-refractivity contribution in [2.24, 2.45) is 0 Å². The summed E-state index contributed by atoms with van der Waals surface area (Å²) in [5.74, 6) is 1.55. The molecule has 4 heterocycles. The third-order valence-corrected chi connectivity index (χ3v) is 18.1. The quantitative estimate of drug-likeness (QED) is 0.127. The van der Waals surface area contributed by atoms with Gasteiger partial charge in [-0.1, -0.05) is 170 Å². The Kier molecular flexibility index (Phi) is 13.2. The molecule has 0 aliphatic rings. The van der Waals surface area contributed by atoms with E-state index in [0.717, 1.165) is 144 Å². The van der Waals surface area contributed by atoms with E-state index in [2.05, 4.69) is 230 Å². The number of benzene rings is 13. The maximum absolute atomic E-state index is 10.3. The Labute approximate surface area is 545 Å². The van der Waals surface area contributed by atoms with Gasteiger partial charge in [-0.25, -0.2) is 24.6 Å². The highest BCUT2D eigenvalue weighted by Crippen LogP contribution is 2.47. The van der Waals surface area contributed by atoms with E-state index in [0.29, 0.717) is 40.0 Å². The Morgan fingerprint density at radius 2 is 0.632 bits per heavy atom. The Hall–Kier alpha value is -13.8. The van der Waals surface area contributed by atoms with Crippen molar-refractivity contribution in [3.8, 4) is 108 Å². The molecule has 0 atom stereocenters. The Morgan fingerprint density at radius 1 is 0.274 bits per heavy atom. The molecule has 0 N–H and O–H groups in total. The van der Waals surface area contributed by atoms with Crippen LogP contribution in [0.2, 0.25) is 0 Å². The summed E-state index contributed by atoms with van der Waals surface area (Å²) in [7, 11) is 0. The van der Waals surface area contributed by atoms with E-state index in [1.807, 2.05) is 84.9 Å². The van der Waals surface area contributed by atoms with Crippen LogP contribution in [0.1, 0.15) is 11.1 Å². The summed E-state index contributed by atoms with van der Waals surface area (Å²) in [5.41, 5.74) is 19.5. The number of aromatic nitrogens is 6. The first-order chi connectivity index (χ1) is 46.9. The number of nitriles is 2. The van der Waals surface area contributed by atoms with Crippen LogP contribution >= 0.6 is 0 Å². The van der Waals surface area contributed by atoms with E-state index < -0.39 is 0 Å². The summed E-state index contributed by atoms with van der Waals surface area (Å²) < 4.78 is 7.07. The second-order valence-electron chi connectivity index (χ2n) is 23.6. The zero-order chi connectivity index (χ0) is 63.7. The first kappa shape index (κ1) is 55.3. The molecule has 0 aliphatic heterocycles. The molecule has 0 fully saturated rings. The van der Waals surface area contributed by atoms with Gasteiger partial charge in [0.05, 0.1) is 64.1 Å². The van der Waals surface area contributed by atoms with Gasteiger partial charge < -0.3 is 13.7 Å². The molecule has 10 heteroatoms. The lowest BCUT2D eigenvalue weighted by atomic mass is 9.92. The predicted molar refractivity (Wildman–Crippen MR) is 383 cm³/mol. The predicted octanol–water partition coefficient (Wildman–Crippen LogP) is 21.7. The molecule has 17 aromatic rings. The topological polar surface area (TPSA) is 110 Å². The summed E-state index contributed by atoms with van der Waals surface area (Å²) in [4.78, 5) is 23.6. The molecule has 10 nitrogen and oxygen atoms in total. The van der Waals surface area contributed by atoms with E-state index in [1.165, 1.54) is 0 Å². The standard InChI is InChI=1S/C85H48N10/c1-88-64-41-53(51-86)39-61(43-64)57-35-37-80-74(47-57)75-48-58(62-40-54(52-87)42-65(44-62)89-2)36-38-81(75)95(80)82-72(59-23-17-25-66(45-59)93-76-31-13-9-27-68(76)69-28-10-14-32-77(69)93)49-63(85-91-83(55-19-5-3-6-20-55)90-84(92-85)56-21-7-4-8-22-56)50-73(82)60-24-18-26-67(46-60)94-78-33-15-11-29-70(78)71-30-12-16-34-79(71)94/h3-50H. The van der Waals surface area contributed by atoms with Crippen LogP contribution in [0.15, 0.2) is 291 Å². The number of nitrogens with zero attached hydrogens (tertiary/aromatic N) is 10. The van der Waals surface area contributed by atoms with Gasteiger partial charge in [0.25, 0.3) is 0 Å². The maximum atomic E-state index is 10.3. The molecule has 0 saturated heterocycles. The third-order valence-electron chi connectivity index (χ3n) is 18.1. The molecule has 17 rings (SSSR count). The fraction of sp³-hybridized carbons (Fsp3) is 0. The molecule has 95 heavy (non-hydrogen) atoms. The van der Waals surface area contributed by atoms with E-state index in [9.17, 15) is 10.5 Å². The highest BCUT2D eigenvalue weighted by molar-refractivity contribution is 6.14. The van der Waals surface area contributed by atoms with Crippen molar-refractivity contribution in [1.29, 1.82) is 10.5 Å². The number of fused-ring (bicyclic) bond motifs is 9. The Balaban J connectivity index is 1.02. The van der Waals surface area contributed by atoms with E-state index >= 15 is 0 Å². The number of para-hydroxylation sites is 4. The van der Waals surface area contributed by atoms with Crippen LogP contribution in [0, 0.1) is 35.8 Å². The molecule has 0 spiro atoms. The molecule has 0 radical (unpaired) electrons. The van der Waals surface area contributed by atoms with Gasteiger partial charge in [-0.05, 0) is 155 Å². The first-order valence-corrected chi connectivity index (χ1v) is 31.1. The van der Waals surface area contributed by atoms with Crippen LogP contribution in [0.25, 0.3) is 171 Å². The van der Waals surface area contributed by atoms with Crippen molar-refractivity contribution in [3.05, 3.63) is 325 Å². The molecule has 438 valence electrons. The maximum Gasteiger partial charge on any atom is 0.189 e. The number of hydrogen-bond donors (Lipinski definition) is 0. The number of hydrogen-bond acceptors (Lipinski definition) is 5. The average Bonchev–Trinajstić information content (AvgIpc) is 1.62. The monoisotopic (exact) mass is 1210 g/mol. The summed E-state index contributed by atoms with van der Waals surface area (Å²) in [6.07, 6.45) is 0. The average molecular weight is 1210 g/mol. The minimum absolute atomic E-state index is 0.363.